The molecule has 0 amide bonds. The smallest absolute Gasteiger partial charge is 0.120 e. The molecule has 2 heteroatoms. The van der Waals surface area contributed by atoms with Crippen LogP contribution in [-0.2, 0) is 11.8 Å². The Bertz CT molecular complexity index is 608. The molecule has 124 valence electrons. The van der Waals surface area contributed by atoms with E-state index in [2.05, 4.69) is 30.1 Å². The SMILES string of the molecule is CN1CC[C@]23CCCC[C@@H]2[C@H]1Cc1ccc(OC2CCC2)cc13. The van der Waals surface area contributed by atoms with Gasteiger partial charge in [0.2, 0.25) is 0 Å². The third kappa shape index (κ3) is 2.10. The Labute approximate surface area is 140 Å². The van der Waals surface area contributed by atoms with Crippen molar-refractivity contribution >= 4 is 0 Å². The summed E-state index contributed by atoms with van der Waals surface area (Å²) in [6, 6.07) is 7.86. The predicted molar refractivity (Wildman–Crippen MR) is 93.1 cm³/mol. The van der Waals surface area contributed by atoms with Gasteiger partial charge in [0.1, 0.15) is 5.75 Å². The molecule has 0 radical (unpaired) electrons. The summed E-state index contributed by atoms with van der Waals surface area (Å²) >= 11 is 0. The van der Waals surface area contributed by atoms with E-state index in [1.165, 1.54) is 64.3 Å². The Morgan fingerprint density at radius 3 is 2.83 bits per heavy atom. The van der Waals surface area contributed by atoms with Crippen LogP contribution in [0.2, 0.25) is 0 Å². The number of likely N-dealkylation sites (N-methyl/N-ethyl adjacent to an activating group) is 1. The lowest BCUT2D eigenvalue weighted by Crippen LogP contribution is -2.59. The number of hydrogen-bond donors (Lipinski definition) is 0. The van der Waals surface area contributed by atoms with E-state index in [0.29, 0.717) is 11.5 Å². The zero-order valence-electron chi connectivity index (χ0n) is 14.4. The molecule has 23 heavy (non-hydrogen) atoms. The molecular weight excluding hydrogens is 282 g/mol. The van der Waals surface area contributed by atoms with Crippen molar-refractivity contribution in [1.29, 1.82) is 0 Å². The molecule has 0 N–H and O–H groups in total. The summed E-state index contributed by atoms with van der Waals surface area (Å²) in [5.74, 6) is 2.02. The lowest BCUT2D eigenvalue weighted by atomic mass is 9.52. The van der Waals surface area contributed by atoms with Gasteiger partial charge in [-0.15, -0.1) is 0 Å². The molecule has 1 saturated heterocycles. The van der Waals surface area contributed by atoms with E-state index in [9.17, 15) is 0 Å². The van der Waals surface area contributed by atoms with Crippen molar-refractivity contribution in [3.63, 3.8) is 0 Å². The first-order valence-electron chi connectivity index (χ1n) is 9.77. The first kappa shape index (κ1) is 14.3. The number of likely N-dealkylation sites (tertiary alicyclic amines) is 1. The number of nitrogens with zero attached hydrogens (tertiary/aromatic N) is 1. The second-order valence-corrected chi connectivity index (χ2v) is 8.50. The molecule has 1 aliphatic heterocycles. The molecule has 1 heterocycles. The van der Waals surface area contributed by atoms with Crippen molar-refractivity contribution in [3.8, 4) is 5.75 Å². The van der Waals surface area contributed by atoms with Crippen LogP contribution >= 0.6 is 0 Å². The Morgan fingerprint density at radius 2 is 2.00 bits per heavy atom. The van der Waals surface area contributed by atoms with Gasteiger partial charge in [0.05, 0.1) is 6.10 Å². The molecule has 1 aromatic rings. The van der Waals surface area contributed by atoms with Crippen LogP contribution in [0.3, 0.4) is 0 Å². The van der Waals surface area contributed by atoms with Crippen molar-refractivity contribution < 1.29 is 4.74 Å². The average Bonchev–Trinajstić information content (AvgIpc) is 2.54. The van der Waals surface area contributed by atoms with Gasteiger partial charge in [-0.05, 0) is 87.7 Å². The van der Waals surface area contributed by atoms with E-state index >= 15 is 0 Å². The van der Waals surface area contributed by atoms with E-state index in [0.717, 1.165) is 17.7 Å². The van der Waals surface area contributed by atoms with Crippen molar-refractivity contribution in [2.24, 2.45) is 5.92 Å². The Balaban J connectivity index is 1.56. The maximum atomic E-state index is 6.24. The van der Waals surface area contributed by atoms with Gasteiger partial charge in [0, 0.05) is 11.5 Å². The summed E-state index contributed by atoms with van der Waals surface area (Å²) in [7, 11) is 2.35. The zero-order chi connectivity index (χ0) is 15.4. The van der Waals surface area contributed by atoms with Crippen molar-refractivity contribution in [2.75, 3.05) is 13.6 Å². The normalized spacial score (nSPS) is 36.7. The highest BCUT2D eigenvalue weighted by molar-refractivity contribution is 5.45. The average molecular weight is 311 g/mol. The minimum Gasteiger partial charge on any atom is -0.490 e. The van der Waals surface area contributed by atoms with Crippen LogP contribution in [0, 0.1) is 5.92 Å². The van der Waals surface area contributed by atoms with Gasteiger partial charge >= 0.3 is 0 Å². The fourth-order valence-corrected chi connectivity index (χ4v) is 5.93. The number of benzene rings is 1. The first-order valence-corrected chi connectivity index (χ1v) is 9.77. The molecule has 0 aromatic heterocycles. The summed E-state index contributed by atoms with van der Waals surface area (Å²) in [4.78, 5) is 2.65. The molecule has 4 aliphatic rings. The van der Waals surface area contributed by atoms with Crippen LogP contribution in [-0.4, -0.2) is 30.6 Å². The fourth-order valence-electron chi connectivity index (χ4n) is 5.93. The molecule has 2 bridgehead atoms. The van der Waals surface area contributed by atoms with Gasteiger partial charge in [-0.3, -0.25) is 0 Å². The standard InChI is InChI=1S/C21H29NO/c1-22-12-11-21-10-3-2-7-18(21)20(22)13-15-8-9-17(14-19(15)21)23-16-5-4-6-16/h8-9,14,16,18,20H,2-7,10-13H2,1H3/t18-,20-,21-/m1/s1. The maximum Gasteiger partial charge on any atom is 0.120 e. The van der Waals surface area contributed by atoms with E-state index in [4.69, 9.17) is 4.74 Å². The van der Waals surface area contributed by atoms with Crippen LogP contribution in [0.15, 0.2) is 18.2 Å². The van der Waals surface area contributed by atoms with Crippen LogP contribution in [0.5, 0.6) is 5.75 Å². The Hall–Kier alpha value is -1.02. The quantitative estimate of drug-likeness (QED) is 0.807. The molecule has 1 aromatic carbocycles. The summed E-state index contributed by atoms with van der Waals surface area (Å²) in [5.41, 5.74) is 3.74. The maximum absolute atomic E-state index is 6.24. The number of hydrogen-bond acceptors (Lipinski definition) is 2. The molecule has 2 saturated carbocycles. The van der Waals surface area contributed by atoms with Gasteiger partial charge < -0.3 is 9.64 Å². The molecule has 2 nitrogen and oxygen atoms in total. The number of rotatable bonds is 2. The second kappa shape index (κ2) is 5.24. The van der Waals surface area contributed by atoms with E-state index in [1.54, 1.807) is 11.1 Å². The number of piperidine rings is 1. The summed E-state index contributed by atoms with van der Waals surface area (Å²) in [6.45, 7) is 1.27. The summed E-state index contributed by atoms with van der Waals surface area (Å²) in [5, 5.41) is 0. The molecule has 0 spiro atoms. The largest absolute Gasteiger partial charge is 0.490 e. The van der Waals surface area contributed by atoms with Gasteiger partial charge in [0.15, 0.2) is 0 Å². The van der Waals surface area contributed by atoms with Crippen molar-refractivity contribution in [3.05, 3.63) is 29.3 Å². The highest BCUT2D eigenvalue weighted by Gasteiger charge is 2.53. The Morgan fingerprint density at radius 1 is 1.09 bits per heavy atom. The van der Waals surface area contributed by atoms with Crippen molar-refractivity contribution in [1.82, 2.24) is 4.90 Å². The highest BCUT2D eigenvalue weighted by Crippen LogP contribution is 2.56. The van der Waals surface area contributed by atoms with Crippen LogP contribution < -0.4 is 4.74 Å². The van der Waals surface area contributed by atoms with E-state index in [1.807, 2.05) is 0 Å². The predicted octanol–water partition coefficient (Wildman–Crippen LogP) is 4.31. The summed E-state index contributed by atoms with van der Waals surface area (Å²) in [6.07, 6.45) is 12.6. The van der Waals surface area contributed by atoms with Gasteiger partial charge in [-0.2, -0.15) is 0 Å². The summed E-state index contributed by atoms with van der Waals surface area (Å²) < 4.78 is 6.24. The monoisotopic (exact) mass is 311 g/mol. The number of fused-ring (bicyclic) bond motifs is 1. The molecule has 5 rings (SSSR count). The third-order valence-corrected chi connectivity index (χ3v) is 7.44. The first-order chi connectivity index (χ1) is 11.3. The lowest BCUT2D eigenvalue weighted by molar-refractivity contribution is 0.00253. The van der Waals surface area contributed by atoms with Gasteiger partial charge in [-0.25, -0.2) is 0 Å². The second-order valence-electron chi connectivity index (χ2n) is 8.50. The van der Waals surface area contributed by atoms with Gasteiger partial charge in [-0.1, -0.05) is 18.9 Å². The highest BCUT2D eigenvalue weighted by atomic mass is 16.5. The topological polar surface area (TPSA) is 12.5 Å². The minimum absolute atomic E-state index is 0.460. The third-order valence-electron chi connectivity index (χ3n) is 7.44. The molecule has 3 aliphatic carbocycles. The Kier molecular flexibility index (Phi) is 3.27. The van der Waals surface area contributed by atoms with Gasteiger partial charge in [0.25, 0.3) is 0 Å². The molecular formula is C21H29NO. The lowest BCUT2D eigenvalue weighted by Gasteiger charge is -2.58. The van der Waals surface area contributed by atoms with E-state index < -0.39 is 0 Å². The molecule has 0 unspecified atom stereocenters. The fraction of sp³-hybridized carbons (Fsp3) is 0.714. The molecule has 3 atom stereocenters. The van der Waals surface area contributed by atoms with Crippen LogP contribution in [0.1, 0.15) is 62.5 Å². The zero-order valence-corrected chi connectivity index (χ0v) is 14.4. The van der Waals surface area contributed by atoms with Crippen molar-refractivity contribution in [2.45, 2.75) is 75.3 Å². The minimum atomic E-state index is 0.460. The van der Waals surface area contributed by atoms with Crippen LogP contribution in [0.4, 0.5) is 0 Å². The van der Waals surface area contributed by atoms with Crippen LogP contribution in [0.25, 0.3) is 0 Å². The molecule has 3 fully saturated rings. The van der Waals surface area contributed by atoms with E-state index in [-0.39, 0.29) is 0 Å². The number of ether oxygens (including phenoxy) is 1.